The average molecular weight is 456 g/mol. The molecule has 34 heavy (non-hydrogen) atoms. The lowest BCUT2D eigenvalue weighted by Crippen LogP contribution is -2.21. The first-order chi connectivity index (χ1) is 16.2. The van der Waals surface area contributed by atoms with Crippen molar-refractivity contribution in [1.29, 1.82) is 0 Å². The van der Waals surface area contributed by atoms with Gasteiger partial charge in [0.05, 0.1) is 21.9 Å². The second-order valence-electron chi connectivity index (χ2n) is 7.94. The van der Waals surface area contributed by atoms with Crippen LogP contribution in [0.4, 0.5) is 0 Å². The van der Waals surface area contributed by atoms with Gasteiger partial charge in [-0.3, -0.25) is 9.59 Å². The molecule has 2 heterocycles. The van der Waals surface area contributed by atoms with Crippen molar-refractivity contribution in [1.82, 2.24) is 0 Å². The Morgan fingerprint density at radius 2 is 1.00 bits per heavy atom. The lowest BCUT2D eigenvalue weighted by molar-refractivity contribution is -0.112. The maximum atomic E-state index is 13.0. The normalized spacial score (nSPS) is 13.9. The SMILES string of the molecule is Cc1cccc2c(O)c(C3=C(c4c(O)c5cccc(C)c5oc4=O)C(=O)C=CC3=O)c(=O)oc12. The topological polar surface area (TPSA) is 135 Å². The van der Waals surface area contributed by atoms with Crippen molar-refractivity contribution in [2.24, 2.45) is 0 Å². The van der Waals surface area contributed by atoms with E-state index in [9.17, 15) is 29.4 Å². The molecule has 0 atom stereocenters. The lowest BCUT2D eigenvalue weighted by Gasteiger charge is -2.17. The molecular weight excluding hydrogens is 440 g/mol. The highest BCUT2D eigenvalue weighted by atomic mass is 16.4. The van der Waals surface area contributed by atoms with Gasteiger partial charge >= 0.3 is 11.3 Å². The largest absolute Gasteiger partial charge is 0.506 e. The number of carbonyl (C=O) groups excluding carboxylic acids is 2. The highest BCUT2D eigenvalue weighted by molar-refractivity contribution is 6.49. The Hall–Kier alpha value is -4.72. The summed E-state index contributed by atoms with van der Waals surface area (Å²) < 4.78 is 10.7. The maximum Gasteiger partial charge on any atom is 0.348 e. The van der Waals surface area contributed by atoms with Crippen molar-refractivity contribution >= 4 is 44.7 Å². The van der Waals surface area contributed by atoms with Gasteiger partial charge in [0.15, 0.2) is 11.6 Å². The highest BCUT2D eigenvalue weighted by Gasteiger charge is 2.34. The summed E-state index contributed by atoms with van der Waals surface area (Å²) in [7, 11) is 0. The number of rotatable bonds is 2. The molecule has 0 bridgehead atoms. The maximum absolute atomic E-state index is 13.0. The second kappa shape index (κ2) is 7.41. The predicted octanol–water partition coefficient (Wildman–Crippen LogP) is 3.55. The molecule has 1 aliphatic carbocycles. The monoisotopic (exact) mass is 456 g/mol. The van der Waals surface area contributed by atoms with E-state index in [1.54, 1.807) is 38.1 Å². The Kier molecular flexibility index (Phi) is 4.61. The molecule has 5 rings (SSSR count). The van der Waals surface area contributed by atoms with Crippen LogP contribution in [0, 0.1) is 13.8 Å². The molecular formula is C26H16O8. The van der Waals surface area contributed by atoms with Crippen LogP contribution in [0.2, 0.25) is 0 Å². The van der Waals surface area contributed by atoms with Gasteiger partial charge in [0.25, 0.3) is 0 Å². The molecule has 8 heteroatoms. The molecule has 168 valence electrons. The van der Waals surface area contributed by atoms with Gasteiger partial charge in [0.2, 0.25) is 0 Å². The van der Waals surface area contributed by atoms with Crippen molar-refractivity contribution < 1.29 is 28.6 Å². The number of hydrogen-bond donors (Lipinski definition) is 2. The van der Waals surface area contributed by atoms with E-state index in [-0.39, 0.29) is 21.9 Å². The Labute approximate surface area is 190 Å². The van der Waals surface area contributed by atoms with Crippen molar-refractivity contribution in [2.45, 2.75) is 13.8 Å². The minimum atomic E-state index is -1.08. The minimum Gasteiger partial charge on any atom is -0.506 e. The molecule has 0 unspecified atom stereocenters. The Morgan fingerprint density at radius 1 is 0.618 bits per heavy atom. The van der Waals surface area contributed by atoms with Gasteiger partial charge < -0.3 is 19.0 Å². The summed E-state index contributed by atoms with van der Waals surface area (Å²) in [6.45, 7) is 3.35. The predicted molar refractivity (Wildman–Crippen MR) is 124 cm³/mol. The van der Waals surface area contributed by atoms with Crippen molar-refractivity contribution in [3.05, 3.63) is 91.6 Å². The van der Waals surface area contributed by atoms with E-state index in [0.29, 0.717) is 11.1 Å². The van der Waals surface area contributed by atoms with Gasteiger partial charge in [0.1, 0.15) is 33.8 Å². The fourth-order valence-electron chi connectivity index (χ4n) is 4.20. The fraction of sp³-hybridized carbons (Fsp3) is 0.0769. The third-order valence-corrected chi connectivity index (χ3v) is 5.83. The first-order valence-corrected chi connectivity index (χ1v) is 10.2. The highest BCUT2D eigenvalue weighted by Crippen LogP contribution is 2.40. The fourth-order valence-corrected chi connectivity index (χ4v) is 4.20. The Morgan fingerprint density at radius 3 is 1.38 bits per heavy atom. The van der Waals surface area contributed by atoms with Gasteiger partial charge in [-0.05, 0) is 49.3 Å². The molecule has 0 fully saturated rings. The van der Waals surface area contributed by atoms with Crippen LogP contribution in [0.5, 0.6) is 11.5 Å². The van der Waals surface area contributed by atoms with Gasteiger partial charge in [-0.1, -0.05) is 24.3 Å². The zero-order valence-electron chi connectivity index (χ0n) is 18.0. The van der Waals surface area contributed by atoms with Crippen molar-refractivity contribution in [3.63, 3.8) is 0 Å². The quantitative estimate of drug-likeness (QED) is 0.345. The minimum absolute atomic E-state index is 0.115. The van der Waals surface area contributed by atoms with Crippen LogP contribution in [-0.2, 0) is 9.59 Å². The van der Waals surface area contributed by atoms with Crippen LogP contribution in [-0.4, -0.2) is 21.8 Å². The average Bonchev–Trinajstić information content (AvgIpc) is 2.79. The van der Waals surface area contributed by atoms with Crippen LogP contribution >= 0.6 is 0 Å². The molecule has 0 amide bonds. The number of aromatic hydroxyl groups is 2. The molecule has 2 aromatic heterocycles. The van der Waals surface area contributed by atoms with Gasteiger partial charge in [-0.25, -0.2) is 9.59 Å². The summed E-state index contributed by atoms with van der Waals surface area (Å²) in [6.07, 6.45) is 1.84. The number of allylic oxidation sites excluding steroid dienone is 4. The first-order valence-electron chi connectivity index (χ1n) is 10.2. The Balaban J connectivity index is 1.95. The lowest BCUT2D eigenvalue weighted by atomic mass is 9.85. The van der Waals surface area contributed by atoms with Crippen molar-refractivity contribution in [2.75, 3.05) is 0 Å². The third-order valence-electron chi connectivity index (χ3n) is 5.83. The van der Waals surface area contributed by atoms with Gasteiger partial charge in [0, 0.05) is 0 Å². The van der Waals surface area contributed by atoms with E-state index in [4.69, 9.17) is 8.83 Å². The zero-order chi connectivity index (χ0) is 24.3. The molecule has 0 aliphatic heterocycles. The number of fused-ring (bicyclic) bond motifs is 2. The van der Waals surface area contributed by atoms with E-state index in [2.05, 4.69) is 0 Å². The first kappa shape index (κ1) is 21.1. The zero-order valence-corrected chi connectivity index (χ0v) is 18.0. The molecule has 4 aromatic rings. The summed E-state index contributed by atoms with van der Waals surface area (Å²) in [5, 5.41) is 22.2. The van der Waals surface area contributed by atoms with Gasteiger partial charge in [-0.2, -0.15) is 0 Å². The molecule has 2 aromatic carbocycles. The smallest absolute Gasteiger partial charge is 0.348 e. The van der Waals surface area contributed by atoms with Gasteiger partial charge in [-0.15, -0.1) is 0 Å². The van der Waals surface area contributed by atoms with E-state index in [0.717, 1.165) is 12.2 Å². The number of ketones is 2. The van der Waals surface area contributed by atoms with Crippen molar-refractivity contribution in [3.8, 4) is 11.5 Å². The number of benzene rings is 2. The summed E-state index contributed by atoms with van der Waals surface area (Å²) in [5.41, 5.74) is -3.08. The van der Waals surface area contributed by atoms with E-state index in [1.165, 1.54) is 12.1 Å². The van der Waals surface area contributed by atoms with Crippen LogP contribution in [0.25, 0.3) is 33.1 Å². The van der Waals surface area contributed by atoms with E-state index >= 15 is 0 Å². The second-order valence-corrected chi connectivity index (χ2v) is 7.94. The van der Waals surface area contributed by atoms with E-state index in [1.807, 2.05) is 0 Å². The molecule has 2 N–H and O–H groups in total. The van der Waals surface area contributed by atoms with E-state index < -0.39 is 56.6 Å². The number of carbonyl (C=O) groups is 2. The molecule has 0 saturated carbocycles. The molecule has 0 spiro atoms. The summed E-state index contributed by atoms with van der Waals surface area (Å²) in [6, 6.07) is 9.56. The van der Waals surface area contributed by atoms with Crippen LogP contribution in [0.15, 0.2) is 67.0 Å². The van der Waals surface area contributed by atoms with Crippen LogP contribution < -0.4 is 11.3 Å². The summed E-state index contributed by atoms with van der Waals surface area (Å²) >= 11 is 0. The molecule has 0 saturated heterocycles. The standard InChI is InChI=1S/C26H16O8/c1-11-5-3-7-13-21(29)19(25(31)33-23(11)13)17-15(27)9-10-16(28)18(17)20-22(30)14-8-4-6-12(2)24(14)34-26(20)32/h3-10,29-30H,1-2H3. The summed E-state index contributed by atoms with van der Waals surface area (Å²) in [4.78, 5) is 51.8. The molecule has 8 nitrogen and oxygen atoms in total. The molecule has 0 radical (unpaired) electrons. The number of hydrogen-bond acceptors (Lipinski definition) is 8. The third kappa shape index (κ3) is 2.92. The number of aryl methyl sites for hydroxylation is 2. The van der Waals surface area contributed by atoms with Crippen LogP contribution in [0.3, 0.4) is 0 Å². The van der Waals surface area contributed by atoms with Crippen LogP contribution in [0.1, 0.15) is 22.3 Å². The molecule has 1 aliphatic rings. The number of para-hydroxylation sites is 2. The Bertz CT molecular complexity index is 1630. The summed E-state index contributed by atoms with van der Waals surface area (Å²) in [5.74, 6) is -2.82.